The molecule has 2 aliphatic heterocycles. The minimum Gasteiger partial charge on any atom is -0.394 e. The number of nitrogens with one attached hydrogen (secondary N) is 1. The average molecular weight is 476 g/mol. The standard InChI is InChI=1S/C26H35F2N3O3/c1-16(33)31-15-26(24-19-7-6-18(27)12-17(19)13-20(24)23(31)14-32)8-10-30(11-9-26)25(34)29-22-5-3-2-4-21(22)28/h2-5,17-20,23-24,32H,6-15H2,1H3,(H,29,34)/t17?,18?,19?,20?,23-,24?/m1/s1. The van der Waals surface area contributed by atoms with Crippen LogP contribution in [0.25, 0.3) is 0 Å². The molecule has 186 valence electrons. The third-order valence-electron chi connectivity index (χ3n) is 9.32. The Labute approximate surface area is 199 Å². The number of amides is 3. The zero-order chi connectivity index (χ0) is 24.0. The van der Waals surface area contributed by atoms with Crippen LogP contribution >= 0.6 is 0 Å². The molecule has 2 heterocycles. The van der Waals surface area contributed by atoms with Gasteiger partial charge in [0.2, 0.25) is 5.91 Å². The smallest absolute Gasteiger partial charge is 0.321 e. The van der Waals surface area contributed by atoms with E-state index in [9.17, 15) is 23.5 Å². The lowest BCUT2D eigenvalue weighted by molar-refractivity contribution is -0.150. The second kappa shape index (κ2) is 9.10. The number of urea groups is 1. The fraction of sp³-hybridized carbons (Fsp3) is 0.692. The highest BCUT2D eigenvalue weighted by Crippen LogP contribution is 2.62. The largest absolute Gasteiger partial charge is 0.394 e. The topological polar surface area (TPSA) is 72.9 Å². The first kappa shape index (κ1) is 23.5. The lowest BCUT2D eigenvalue weighted by Gasteiger charge is -2.57. The summed E-state index contributed by atoms with van der Waals surface area (Å²) in [6.07, 6.45) is 3.67. The van der Waals surface area contributed by atoms with Crippen molar-refractivity contribution >= 4 is 17.6 Å². The highest BCUT2D eigenvalue weighted by Gasteiger charge is 2.61. The second-order valence-electron chi connectivity index (χ2n) is 10.9. The molecule has 2 aliphatic carbocycles. The maximum atomic E-state index is 14.3. The summed E-state index contributed by atoms with van der Waals surface area (Å²) in [5.41, 5.74) is 0.0278. The van der Waals surface area contributed by atoms with Gasteiger partial charge in [0.15, 0.2) is 0 Å². The van der Waals surface area contributed by atoms with Crippen molar-refractivity contribution < 1.29 is 23.5 Å². The number of likely N-dealkylation sites (tertiary alicyclic amines) is 2. The number of fused-ring (bicyclic) bond motifs is 4. The number of aliphatic hydroxyl groups is 1. The summed E-state index contributed by atoms with van der Waals surface area (Å²) in [5.74, 6) is 0.719. The number of piperidine rings is 2. The fourth-order valence-corrected chi connectivity index (χ4v) is 7.87. The van der Waals surface area contributed by atoms with Gasteiger partial charge in [0.1, 0.15) is 12.0 Å². The van der Waals surface area contributed by atoms with Crippen molar-refractivity contribution in [1.29, 1.82) is 0 Å². The van der Waals surface area contributed by atoms with Crippen LogP contribution in [0.4, 0.5) is 19.3 Å². The molecule has 2 saturated carbocycles. The van der Waals surface area contributed by atoms with Crippen molar-refractivity contribution in [2.45, 2.75) is 57.7 Å². The third kappa shape index (κ3) is 3.97. The van der Waals surface area contributed by atoms with E-state index in [2.05, 4.69) is 5.32 Å². The van der Waals surface area contributed by atoms with Crippen LogP contribution in [0.2, 0.25) is 0 Å². The molecule has 1 aromatic carbocycles. The Morgan fingerprint density at radius 1 is 1.15 bits per heavy atom. The first-order chi connectivity index (χ1) is 16.3. The van der Waals surface area contributed by atoms with Gasteiger partial charge in [0.25, 0.3) is 0 Å². The fourth-order valence-electron chi connectivity index (χ4n) is 7.87. The van der Waals surface area contributed by atoms with Crippen molar-refractivity contribution in [2.24, 2.45) is 29.1 Å². The number of alkyl halides is 1. The number of carbonyl (C=O) groups is 2. The van der Waals surface area contributed by atoms with Crippen LogP contribution in [-0.2, 0) is 4.79 Å². The van der Waals surface area contributed by atoms with E-state index in [1.807, 2.05) is 4.90 Å². The van der Waals surface area contributed by atoms with Crippen LogP contribution in [-0.4, -0.2) is 65.3 Å². The number of carbonyl (C=O) groups excluding carboxylic acids is 2. The molecule has 1 spiro atoms. The summed E-state index contributed by atoms with van der Waals surface area (Å²) in [4.78, 5) is 29.0. The van der Waals surface area contributed by atoms with Crippen LogP contribution in [0.15, 0.2) is 24.3 Å². The monoisotopic (exact) mass is 475 g/mol. The Hall–Kier alpha value is -2.22. The molecule has 4 fully saturated rings. The van der Waals surface area contributed by atoms with Crippen LogP contribution in [0.1, 0.15) is 45.4 Å². The minimum absolute atomic E-state index is 0.0326. The van der Waals surface area contributed by atoms with Crippen LogP contribution in [0.5, 0.6) is 0 Å². The van der Waals surface area contributed by atoms with Gasteiger partial charge < -0.3 is 20.2 Å². The molecule has 3 amide bonds. The van der Waals surface area contributed by atoms with E-state index in [-0.39, 0.29) is 41.6 Å². The molecule has 4 aliphatic rings. The van der Waals surface area contributed by atoms with Gasteiger partial charge in [0.05, 0.1) is 18.3 Å². The van der Waals surface area contributed by atoms with Crippen molar-refractivity contribution in [1.82, 2.24) is 9.80 Å². The number of para-hydroxylation sites is 1. The Kier molecular flexibility index (Phi) is 6.29. The predicted molar refractivity (Wildman–Crippen MR) is 124 cm³/mol. The Balaban J connectivity index is 1.36. The molecule has 0 bridgehead atoms. The molecule has 8 heteroatoms. The molecule has 0 radical (unpaired) electrons. The van der Waals surface area contributed by atoms with Crippen LogP contribution in [0, 0.1) is 34.9 Å². The molecule has 0 aromatic heterocycles. The molecule has 2 N–H and O–H groups in total. The predicted octanol–water partition coefficient (Wildman–Crippen LogP) is 4.05. The summed E-state index contributed by atoms with van der Waals surface area (Å²) in [6.45, 7) is 3.14. The second-order valence-corrected chi connectivity index (χ2v) is 10.9. The number of anilines is 1. The van der Waals surface area contributed by atoms with Crippen LogP contribution in [0.3, 0.4) is 0 Å². The molecule has 34 heavy (non-hydrogen) atoms. The zero-order valence-corrected chi connectivity index (χ0v) is 19.8. The van der Waals surface area contributed by atoms with Crippen LogP contribution < -0.4 is 5.32 Å². The van der Waals surface area contributed by atoms with Crippen molar-refractivity contribution in [3.05, 3.63) is 30.1 Å². The van der Waals surface area contributed by atoms with E-state index in [1.54, 1.807) is 30.0 Å². The number of rotatable bonds is 2. The maximum absolute atomic E-state index is 14.3. The average Bonchev–Trinajstić information content (AvgIpc) is 3.20. The van der Waals surface area contributed by atoms with Gasteiger partial charge >= 0.3 is 6.03 Å². The zero-order valence-electron chi connectivity index (χ0n) is 19.8. The molecule has 2 saturated heterocycles. The maximum Gasteiger partial charge on any atom is 0.321 e. The van der Waals surface area contributed by atoms with E-state index in [1.165, 1.54) is 6.07 Å². The first-order valence-electron chi connectivity index (χ1n) is 12.7. The van der Waals surface area contributed by atoms with E-state index in [0.717, 1.165) is 25.7 Å². The summed E-state index contributed by atoms with van der Waals surface area (Å²) >= 11 is 0. The van der Waals surface area contributed by atoms with Gasteiger partial charge in [-0.15, -0.1) is 0 Å². The third-order valence-corrected chi connectivity index (χ3v) is 9.32. The minimum atomic E-state index is -0.752. The van der Waals surface area contributed by atoms with Crippen molar-refractivity contribution in [3.63, 3.8) is 0 Å². The lowest BCUT2D eigenvalue weighted by Crippen LogP contribution is -2.63. The summed E-state index contributed by atoms with van der Waals surface area (Å²) in [5, 5.41) is 12.9. The number of hydrogen-bond donors (Lipinski definition) is 2. The quantitative estimate of drug-likeness (QED) is 0.678. The summed E-state index contributed by atoms with van der Waals surface area (Å²) in [7, 11) is 0. The molecule has 5 rings (SSSR count). The molecular formula is C26H35F2N3O3. The number of nitrogens with zero attached hydrogens (tertiary/aromatic N) is 2. The van der Waals surface area contributed by atoms with E-state index < -0.39 is 12.0 Å². The highest BCUT2D eigenvalue weighted by molar-refractivity contribution is 5.89. The lowest BCUT2D eigenvalue weighted by atomic mass is 9.57. The molecule has 5 unspecified atom stereocenters. The Bertz CT molecular complexity index is 936. The summed E-state index contributed by atoms with van der Waals surface area (Å²) in [6, 6.07) is 5.61. The van der Waals surface area contributed by atoms with Gasteiger partial charge in [-0.25, -0.2) is 13.6 Å². The van der Waals surface area contributed by atoms with E-state index in [0.29, 0.717) is 50.2 Å². The Morgan fingerprint density at radius 3 is 2.56 bits per heavy atom. The molecule has 1 aromatic rings. The normalized spacial score (nSPS) is 34.5. The van der Waals surface area contributed by atoms with E-state index >= 15 is 0 Å². The van der Waals surface area contributed by atoms with Gasteiger partial charge in [-0.3, -0.25) is 4.79 Å². The van der Waals surface area contributed by atoms with Gasteiger partial charge in [0, 0.05) is 26.6 Å². The summed E-state index contributed by atoms with van der Waals surface area (Å²) < 4.78 is 28.3. The number of aliphatic hydroxyl groups excluding tert-OH is 1. The van der Waals surface area contributed by atoms with Gasteiger partial charge in [-0.1, -0.05) is 12.1 Å². The van der Waals surface area contributed by atoms with Gasteiger partial charge in [-0.05, 0) is 79.7 Å². The first-order valence-corrected chi connectivity index (χ1v) is 12.7. The number of benzene rings is 1. The van der Waals surface area contributed by atoms with Crippen molar-refractivity contribution in [3.8, 4) is 0 Å². The molecule has 6 nitrogen and oxygen atoms in total. The Morgan fingerprint density at radius 2 is 1.88 bits per heavy atom. The highest BCUT2D eigenvalue weighted by atomic mass is 19.1. The molecule has 6 atom stereocenters. The molecular weight excluding hydrogens is 440 g/mol. The van der Waals surface area contributed by atoms with Crippen molar-refractivity contribution in [2.75, 3.05) is 31.6 Å². The van der Waals surface area contributed by atoms with E-state index in [4.69, 9.17) is 0 Å². The van der Waals surface area contributed by atoms with Gasteiger partial charge in [-0.2, -0.15) is 0 Å². The number of halogens is 2. The SMILES string of the molecule is CC(=O)N1CC2(CCN(C(=O)Nc3ccccc3F)CC2)C2C3CCC(F)CC3CC2[C@H]1CO. The number of hydrogen-bond acceptors (Lipinski definition) is 3.